The van der Waals surface area contributed by atoms with E-state index in [1.165, 1.54) is 12.1 Å². The van der Waals surface area contributed by atoms with E-state index in [-0.39, 0.29) is 17.9 Å². The van der Waals surface area contributed by atoms with Gasteiger partial charge < -0.3 is 9.14 Å². The van der Waals surface area contributed by atoms with Crippen LogP contribution in [0.4, 0.5) is 24.5 Å². The summed E-state index contributed by atoms with van der Waals surface area (Å²) in [5, 5.41) is 11.2. The van der Waals surface area contributed by atoms with Crippen LogP contribution in [0.25, 0.3) is 5.65 Å². The molecular weight excluding hydrogens is 467 g/mol. The minimum Gasteiger partial charge on any atom is -0.487 e. The summed E-state index contributed by atoms with van der Waals surface area (Å²) < 4.78 is 46.1. The Kier molecular flexibility index (Phi) is 6.28. The monoisotopic (exact) mass is 485 g/mol. The second kappa shape index (κ2) is 9.33. The number of amides is 1. The summed E-state index contributed by atoms with van der Waals surface area (Å²) in [6, 6.07) is 11.9. The maximum Gasteiger partial charge on any atom is 0.416 e. The number of carbonyl (C=O) groups is 1. The van der Waals surface area contributed by atoms with E-state index in [0.29, 0.717) is 17.9 Å². The molecule has 0 saturated carbocycles. The molecule has 35 heavy (non-hydrogen) atoms. The zero-order valence-corrected chi connectivity index (χ0v) is 18.2. The molecule has 2 N–H and O–H groups in total. The molecule has 9 nitrogen and oxygen atoms in total. The Morgan fingerprint density at radius 1 is 1.17 bits per heavy atom. The molecule has 4 rings (SSSR count). The molecule has 0 aliphatic carbocycles. The molecule has 1 amide bonds. The van der Waals surface area contributed by atoms with E-state index >= 15 is 0 Å². The number of imidazole rings is 1. The van der Waals surface area contributed by atoms with Crippen LogP contribution in [0.2, 0.25) is 0 Å². The van der Waals surface area contributed by atoms with E-state index in [1.807, 2.05) is 35.9 Å². The van der Waals surface area contributed by atoms with Crippen molar-refractivity contribution >= 4 is 22.9 Å². The normalized spacial score (nSPS) is 11.3. The van der Waals surface area contributed by atoms with Crippen molar-refractivity contribution in [2.24, 2.45) is 0 Å². The van der Waals surface area contributed by atoms with E-state index in [0.717, 1.165) is 23.0 Å². The van der Waals surface area contributed by atoms with Crippen LogP contribution in [0.15, 0.2) is 67.0 Å². The summed E-state index contributed by atoms with van der Waals surface area (Å²) >= 11 is 0. The summed E-state index contributed by atoms with van der Waals surface area (Å²) in [6.45, 7) is 2.17. The standard InChI is InChI=1S/C23H18F3N5O4/c1-14-3-2-10-30-12-17(27-21(14)30)13-35-18-7-4-15(5-8-18)22(32)29-28-19-9-6-16(23(24,25)26)11-20(19)31(33)34/h2-12,28H,13H2,1H3,(H,29,32). The van der Waals surface area contributed by atoms with Gasteiger partial charge in [-0.25, -0.2) is 4.98 Å². The molecule has 0 aliphatic heterocycles. The van der Waals surface area contributed by atoms with Crippen molar-refractivity contribution in [2.75, 3.05) is 5.43 Å². The first kappa shape index (κ1) is 23.5. The molecule has 0 radical (unpaired) electrons. The number of aryl methyl sites for hydroxylation is 1. The SMILES string of the molecule is Cc1cccn2cc(COc3ccc(C(=O)NNc4ccc(C(F)(F)F)cc4[N+](=O)[O-])cc3)nc12. The molecule has 2 heterocycles. The Labute approximate surface area is 196 Å². The third-order valence-corrected chi connectivity index (χ3v) is 5.06. The van der Waals surface area contributed by atoms with Crippen molar-refractivity contribution in [1.29, 1.82) is 0 Å². The lowest BCUT2D eigenvalue weighted by Crippen LogP contribution is -2.29. The fraction of sp³-hybridized carbons (Fsp3) is 0.130. The van der Waals surface area contributed by atoms with E-state index in [2.05, 4.69) is 15.8 Å². The number of alkyl halides is 3. The lowest BCUT2D eigenvalue weighted by molar-refractivity contribution is -0.384. The number of nitro groups is 1. The van der Waals surface area contributed by atoms with Crippen molar-refractivity contribution in [3.63, 3.8) is 0 Å². The summed E-state index contributed by atoms with van der Waals surface area (Å²) in [5.74, 6) is -0.164. The highest BCUT2D eigenvalue weighted by Gasteiger charge is 2.33. The Morgan fingerprint density at radius 2 is 1.91 bits per heavy atom. The fourth-order valence-electron chi connectivity index (χ4n) is 3.29. The highest BCUT2D eigenvalue weighted by Crippen LogP contribution is 2.34. The molecule has 180 valence electrons. The first-order chi connectivity index (χ1) is 16.6. The molecule has 2 aromatic heterocycles. The molecule has 0 bridgehead atoms. The Balaban J connectivity index is 1.37. The lowest BCUT2D eigenvalue weighted by Gasteiger charge is -2.12. The largest absolute Gasteiger partial charge is 0.487 e. The second-order valence-corrected chi connectivity index (χ2v) is 7.53. The first-order valence-electron chi connectivity index (χ1n) is 10.2. The Hall–Kier alpha value is -4.61. The highest BCUT2D eigenvalue weighted by molar-refractivity contribution is 5.95. The Morgan fingerprint density at radius 3 is 2.57 bits per heavy atom. The van der Waals surface area contributed by atoms with Gasteiger partial charge in [0.05, 0.1) is 16.2 Å². The number of aromatic nitrogens is 2. The number of benzene rings is 2. The number of rotatable bonds is 7. The van der Waals surface area contributed by atoms with Crippen LogP contribution < -0.4 is 15.6 Å². The smallest absolute Gasteiger partial charge is 0.416 e. The number of hydrogen-bond donors (Lipinski definition) is 2. The van der Waals surface area contributed by atoms with Gasteiger partial charge in [0.2, 0.25) is 0 Å². The van der Waals surface area contributed by atoms with Gasteiger partial charge in [0, 0.05) is 24.0 Å². The van der Waals surface area contributed by atoms with E-state index < -0.39 is 28.3 Å². The number of fused-ring (bicyclic) bond motifs is 1. The number of anilines is 1. The van der Waals surface area contributed by atoms with Gasteiger partial charge in [0.25, 0.3) is 11.6 Å². The molecule has 0 atom stereocenters. The molecule has 0 saturated heterocycles. The van der Waals surface area contributed by atoms with Crippen LogP contribution in [0, 0.1) is 17.0 Å². The van der Waals surface area contributed by atoms with Crippen molar-refractivity contribution in [3.05, 3.63) is 99.5 Å². The third-order valence-electron chi connectivity index (χ3n) is 5.06. The number of halogens is 3. The number of nitrogens with one attached hydrogen (secondary N) is 2. The van der Waals surface area contributed by atoms with Crippen LogP contribution in [0.3, 0.4) is 0 Å². The van der Waals surface area contributed by atoms with Crippen LogP contribution in [0.5, 0.6) is 5.75 Å². The van der Waals surface area contributed by atoms with Gasteiger partial charge in [-0.05, 0) is 55.0 Å². The van der Waals surface area contributed by atoms with Crippen molar-refractivity contribution in [3.8, 4) is 5.75 Å². The van der Waals surface area contributed by atoms with Crippen molar-refractivity contribution in [2.45, 2.75) is 19.7 Å². The molecule has 0 unspecified atom stereocenters. The molecule has 2 aromatic carbocycles. The predicted octanol–water partition coefficient (Wildman–Crippen LogP) is 4.91. The van der Waals surface area contributed by atoms with Gasteiger partial charge in [0.1, 0.15) is 23.7 Å². The maximum atomic E-state index is 12.8. The zero-order valence-electron chi connectivity index (χ0n) is 18.2. The van der Waals surface area contributed by atoms with Crippen LogP contribution >= 0.6 is 0 Å². The summed E-state index contributed by atoms with van der Waals surface area (Å²) in [4.78, 5) is 27.1. The van der Waals surface area contributed by atoms with Gasteiger partial charge in [-0.2, -0.15) is 13.2 Å². The number of nitro benzene ring substituents is 1. The van der Waals surface area contributed by atoms with Crippen molar-refractivity contribution in [1.82, 2.24) is 14.8 Å². The van der Waals surface area contributed by atoms with Crippen molar-refractivity contribution < 1.29 is 27.6 Å². The number of ether oxygens (including phenoxy) is 1. The Bertz CT molecular complexity index is 1400. The highest BCUT2D eigenvalue weighted by atomic mass is 19.4. The van der Waals surface area contributed by atoms with Gasteiger partial charge in [-0.1, -0.05) is 6.07 Å². The fourth-order valence-corrected chi connectivity index (χ4v) is 3.29. The number of carbonyl (C=O) groups excluding carboxylic acids is 1. The maximum absolute atomic E-state index is 12.8. The minimum absolute atomic E-state index is 0.197. The quantitative estimate of drug-likeness (QED) is 0.284. The summed E-state index contributed by atoms with van der Waals surface area (Å²) in [6.07, 6.45) is -0.990. The number of hydrogen-bond acceptors (Lipinski definition) is 6. The van der Waals surface area contributed by atoms with Gasteiger partial charge in [-0.3, -0.25) is 25.8 Å². The average Bonchev–Trinajstić information content (AvgIpc) is 3.25. The summed E-state index contributed by atoms with van der Waals surface area (Å²) in [5.41, 5.74) is 5.03. The first-order valence-corrected chi connectivity index (χ1v) is 10.2. The molecule has 0 fully saturated rings. The number of nitrogens with zero attached hydrogens (tertiary/aromatic N) is 3. The number of pyridine rings is 1. The van der Waals surface area contributed by atoms with E-state index in [1.54, 1.807) is 12.1 Å². The lowest BCUT2D eigenvalue weighted by atomic mass is 10.1. The molecule has 4 aromatic rings. The van der Waals surface area contributed by atoms with Gasteiger partial charge in [-0.15, -0.1) is 0 Å². The van der Waals surface area contributed by atoms with Crippen LogP contribution in [0.1, 0.15) is 27.2 Å². The molecular formula is C23H18F3N5O4. The van der Waals surface area contributed by atoms with E-state index in [4.69, 9.17) is 4.74 Å². The summed E-state index contributed by atoms with van der Waals surface area (Å²) in [7, 11) is 0. The minimum atomic E-state index is -4.74. The predicted molar refractivity (Wildman–Crippen MR) is 120 cm³/mol. The second-order valence-electron chi connectivity index (χ2n) is 7.53. The van der Waals surface area contributed by atoms with Gasteiger partial charge >= 0.3 is 6.18 Å². The number of hydrazine groups is 1. The zero-order chi connectivity index (χ0) is 25.2. The molecule has 0 spiro atoms. The average molecular weight is 485 g/mol. The third kappa shape index (κ3) is 5.32. The van der Waals surface area contributed by atoms with Crippen LogP contribution in [-0.4, -0.2) is 20.2 Å². The van der Waals surface area contributed by atoms with E-state index in [9.17, 15) is 28.1 Å². The molecule has 12 heteroatoms. The van der Waals surface area contributed by atoms with Gasteiger partial charge in [0.15, 0.2) is 0 Å². The van der Waals surface area contributed by atoms with Crippen LogP contribution in [-0.2, 0) is 12.8 Å². The topological polar surface area (TPSA) is 111 Å². The molecule has 0 aliphatic rings.